The first-order chi connectivity index (χ1) is 11.8. The maximum atomic E-state index is 12.4. The fourth-order valence-corrected chi connectivity index (χ4v) is 3.97. The lowest BCUT2D eigenvalue weighted by Gasteiger charge is -2.26. The van der Waals surface area contributed by atoms with Crippen molar-refractivity contribution < 1.29 is 9.53 Å². The van der Waals surface area contributed by atoms with Crippen molar-refractivity contribution in [2.75, 3.05) is 26.2 Å². The molecule has 1 saturated heterocycles. The van der Waals surface area contributed by atoms with Gasteiger partial charge in [0, 0.05) is 17.0 Å². The summed E-state index contributed by atoms with van der Waals surface area (Å²) in [6.45, 7) is 5.45. The summed E-state index contributed by atoms with van der Waals surface area (Å²) in [7, 11) is 0. The Hall–Kier alpha value is -1.85. The van der Waals surface area contributed by atoms with Crippen LogP contribution in [-0.2, 0) is 0 Å². The van der Waals surface area contributed by atoms with Crippen LogP contribution in [0.2, 0.25) is 0 Å². The highest BCUT2D eigenvalue weighted by Crippen LogP contribution is 2.27. The molecule has 1 aliphatic heterocycles. The van der Waals surface area contributed by atoms with E-state index < -0.39 is 0 Å². The van der Waals surface area contributed by atoms with E-state index in [1.807, 2.05) is 31.2 Å². The second-order valence-corrected chi connectivity index (χ2v) is 6.92. The largest absolute Gasteiger partial charge is 0.494 e. The fraction of sp³-hybridized carbons (Fsp3) is 0.421. The predicted octanol–water partition coefficient (Wildman–Crippen LogP) is 3.71. The lowest BCUT2D eigenvalue weighted by atomic mass is 10.1. The molecular formula is C19H24N2O2S. The molecule has 0 aliphatic carbocycles. The van der Waals surface area contributed by atoms with Crippen molar-refractivity contribution in [1.29, 1.82) is 0 Å². The van der Waals surface area contributed by atoms with Gasteiger partial charge < -0.3 is 10.1 Å². The normalized spacial score (nSPS) is 16.0. The Morgan fingerprint density at radius 1 is 1.25 bits per heavy atom. The van der Waals surface area contributed by atoms with Gasteiger partial charge in [-0.15, -0.1) is 11.3 Å². The van der Waals surface area contributed by atoms with Gasteiger partial charge in [0.05, 0.1) is 12.6 Å². The third kappa shape index (κ3) is 4.16. The zero-order valence-electron chi connectivity index (χ0n) is 14.0. The van der Waals surface area contributed by atoms with Crippen molar-refractivity contribution in [3.63, 3.8) is 0 Å². The van der Waals surface area contributed by atoms with Gasteiger partial charge in [-0.2, -0.15) is 0 Å². The predicted molar refractivity (Wildman–Crippen MR) is 97.8 cm³/mol. The lowest BCUT2D eigenvalue weighted by Crippen LogP contribution is -2.36. The summed E-state index contributed by atoms with van der Waals surface area (Å²) in [6, 6.07) is 11.8. The molecular weight excluding hydrogens is 320 g/mol. The van der Waals surface area contributed by atoms with Gasteiger partial charge in [-0.25, -0.2) is 0 Å². The minimum Gasteiger partial charge on any atom is -0.494 e. The quantitative estimate of drug-likeness (QED) is 0.832. The fourth-order valence-electron chi connectivity index (χ4n) is 3.10. The van der Waals surface area contributed by atoms with E-state index in [4.69, 9.17) is 4.74 Å². The van der Waals surface area contributed by atoms with Crippen LogP contribution in [0.25, 0.3) is 0 Å². The molecule has 24 heavy (non-hydrogen) atoms. The Morgan fingerprint density at radius 3 is 2.62 bits per heavy atom. The van der Waals surface area contributed by atoms with Gasteiger partial charge in [0.1, 0.15) is 5.75 Å². The summed E-state index contributed by atoms with van der Waals surface area (Å²) in [5.74, 6) is 0.765. The number of rotatable bonds is 7. The molecule has 2 heterocycles. The zero-order valence-corrected chi connectivity index (χ0v) is 14.8. The van der Waals surface area contributed by atoms with E-state index >= 15 is 0 Å². The molecule has 2 aromatic rings. The van der Waals surface area contributed by atoms with E-state index in [1.54, 1.807) is 11.3 Å². The van der Waals surface area contributed by atoms with E-state index in [9.17, 15) is 4.79 Å². The molecule has 3 rings (SSSR count). The Balaban J connectivity index is 1.62. The van der Waals surface area contributed by atoms with Crippen molar-refractivity contribution in [3.05, 3.63) is 52.2 Å². The van der Waals surface area contributed by atoms with Gasteiger partial charge in [-0.1, -0.05) is 6.07 Å². The maximum absolute atomic E-state index is 12.4. The molecule has 0 radical (unpaired) electrons. The number of carbonyl (C=O) groups is 1. The first-order valence-electron chi connectivity index (χ1n) is 8.56. The van der Waals surface area contributed by atoms with Crippen molar-refractivity contribution >= 4 is 17.2 Å². The number of thiophene rings is 1. The second-order valence-electron chi connectivity index (χ2n) is 5.94. The number of carbonyl (C=O) groups excluding carboxylic acids is 1. The van der Waals surface area contributed by atoms with E-state index in [1.165, 1.54) is 17.7 Å². The van der Waals surface area contributed by atoms with Gasteiger partial charge in [-0.3, -0.25) is 9.69 Å². The summed E-state index contributed by atoms with van der Waals surface area (Å²) in [4.78, 5) is 16.2. The highest BCUT2D eigenvalue weighted by molar-refractivity contribution is 7.10. The number of nitrogens with zero attached hydrogens (tertiary/aromatic N) is 1. The third-order valence-electron chi connectivity index (χ3n) is 4.34. The first kappa shape index (κ1) is 17.0. The number of amides is 1. The highest BCUT2D eigenvalue weighted by Gasteiger charge is 2.24. The maximum Gasteiger partial charge on any atom is 0.251 e. The zero-order chi connectivity index (χ0) is 16.8. The van der Waals surface area contributed by atoms with Crippen LogP contribution in [-0.4, -0.2) is 37.0 Å². The van der Waals surface area contributed by atoms with Gasteiger partial charge in [-0.05, 0) is 68.6 Å². The lowest BCUT2D eigenvalue weighted by molar-refractivity contribution is 0.0938. The van der Waals surface area contributed by atoms with E-state index in [2.05, 4.69) is 27.7 Å². The van der Waals surface area contributed by atoms with E-state index in [0.717, 1.165) is 18.8 Å². The van der Waals surface area contributed by atoms with Crippen molar-refractivity contribution in [2.24, 2.45) is 0 Å². The van der Waals surface area contributed by atoms with Crippen molar-refractivity contribution in [1.82, 2.24) is 10.2 Å². The van der Waals surface area contributed by atoms with Crippen LogP contribution in [0.4, 0.5) is 0 Å². The molecule has 1 aliphatic rings. The molecule has 5 heteroatoms. The Morgan fingerprint density at radius 2 is 2.00 bits per heavy atom. The van der Waals surface area contributed by atoms with Crippen LogP contribution in [0.1, 0.15) is 41.0 Å². The Kier molecular flexibility index (Phi) is 5.88. The number of hydrogen-bond donors (Lipinski definition) is 1. The van der Waals surface area contributed by atoms with Crippen LogP contribution >= 0.6 is 11.3 Å². The topological polar surface area (TPSA) is 41.6 Å². The summed E-state index contributed by atoms with van der Waals surface area (Å²) >= 11 is 1.76. The molecule has 1 fully saturated rings. The number of benzene rings is 1. The summed E-state index contributed by atoms with van der Waals surface area (Å²) in [5, 5.41) is 5.20. The van der Waals surface area contributed by atoms with Gasteiger partial charge in [0.25, 0.3) is 5.91 Å². The Labute approximate surface area is 147 Å². The van der Waals surface area contributed by atoms with Crippen molar-refractivity contribution in [3.8, 4) is 5.75 Å². The second kappa shape index (κ2) is 8.31. The average Bonchev–Trinajstić information content (AvgIpc) is 3.30. The minimum atomic E-state index is -0.0289. The molecule has 1 aromatic heterocycles. The van der Waals surface area contributed by atoms with Crippen LogP contribution in [0.15, 0.2) is 41.8 Å². The Bertz CT molecular complexity index is 634. The molecule has 0 bridgehead atoms. The number of likely N-dealkylation sites (tertiary alicyclic amines) is 1. The molecule has 0 spiro atoms. The molecule has 1 amide bonds. The van der Waals surface area contributed by atoms with Crippen LogP contribution in [0.5, 0.6) is 5.75 Å². The monoisotopic (exact) mass is 344 g/mol. The standard InChI is InChI=1S/C19H24N2O2S/c1-2-23-16-9-7-15(8-10-16)19(22)20-14-17(18-6-5-13-24-18)21-11-3-4-12-21/h5-10,13,17H,2-4,11-12,14H2,1H3,(H,20,22)/t17-/m0/s1. The molecule has 1 atom stereocenters. The highest BCUT2D eigenvalue weighted by atomic mass is 32.1. The smallest absolute Gasteiger partial charge is 0.251 e. The van der Waals surface area contributed by atoms with Gasteiger partial charge in [0.2, 0.25) is 0 Å². The SMILES string of the molecule is CCOc1ccc(C(=O)NC[C@@H](c2cccs2)N2CCCC2)cc1. The van der Waals surface area contributed by atoms with Crippen molar-refractivity contribution in [2.45, 2.75) is 25.8 Å². The summed E-state index contributed by atoms with van der Waals surface area (Å²) in [5.41, 5.74) is 0.671. The van der Waals surface area contributed by atoms with Gasteiger partial charge >= 0.3 is 0 Å². The number of hydrogen-bond acceptors (Lipinski definition) is 4. The minimum absolute atomic E-state index is 0.0289. The first-order valence-corrected chi connectivity index (χ1v) is 9.44. The van der Waals surface area contributed by atoms with Crippen LogP contribution in [0, 0.1) is 0 Å². The molecule has 0 unspecified atom stereocenters. The number of nitrogens with one attached hydrogen (secondary N) is 1. The van der Waals surface area contributed by atoms with Crippen LogP contribution < -0.4 is 10.1 Å². The average molecular weight is 344 g/mol. The summed E-state index contributed by atoms with van der Waals surface area (Å²) < 4.78 is 5.42. The molecule has 1 N–H and O–H groups in total. The third-order valence-corrected chi connectivity index (χ3v) is 5.31. The van der Waals surface area contributed by atoms with Gasteiger partial charge in [0.15, 0.2) is 0 Å². The molecule has 1 aromatic carbocycles. The number of ether oxygens (including phenoxy) is 1. The van der Waals surface area contributed by atoms with Crippen LogP contribution in [0.3, 0.4) is 0 Å². The summed E-state index contributed by atoms with van der Waals surface area (Å²) in [6.07, 6.45) is 2.49. The van der Waals surface area contributed by atoms with E-state index in [0.29, 0.717) is 18.7 Å². The molecule has 4 nitrogen and oxygen atoms in total. The van der Waals surface area contributed by atoms with E-state index in [-0.39, 0.29) is 11.9 Å². The molecule has 128 valence electrons. The molecule has 0 saturated carbocycles.